The molecule has 2 atom stereocenters. The van der Waals surface area contributed by atoms with Crippen molar-refractivity contribution in [2.24, 2.45) is 0 Å². The maximum Gasteiger partial charge on any atom is 0.573 e. The summed E-state index contributed by atoms with van der Waals surface area (Å²) in [7, 11) is 0. The zero-order chi connectivity index (χ0) is 26.4. The topological polar surface area (TPSA) is 51.2 Å². The van der Waals surface area contributed by atoms with Crippen molar-refractivity contribution in [3.05, 3.63) is 65.5 Å². The molecule has 2 saturated heterocycles. The van der Waals surface area contributed by atoms with Gasteiger partial charge in [-0.1, -0.05) is 24.3 Å². The van der Waals surface area contributed by atoms with Gasteiger partial charge in [0.05, 0.1) is 19.1 Å². The van der Waals surface area contributed by atoms with Crippen molar-refractivity contribution in [2.45, 2.75) is 63.9 Å². The van der Waals surface area contributed by atoms with E-state index in [1.54, 1.807) is 12.1 Å². The van der Waals surface area contributed by atoms with Crippen LogP contribution in [0.25, 0.3) is 0 Å². The van der Waals surface area contributed by atoms with Crippen molar-refractivity contribution in [2.75, 3.05) is 26.2 Å². The fraction of sp³-hybridized carbons (Fsp3) is 0.519. The Hall–Kier alpha value is -2.69. The molecule has 10 heteroatoms. The number of carbonyl (C=O) groups excluding carboxylic acids is 1. The van der Waals surface area contributed by atoms with Crippen LogP contribution in [0.1, 0.15) is 37.3 Å². The third-order valence-electron chi connectivity index (χ3n) is 6.68. The molecule has 2 fully saturated rings. The molecule has 0 bridgehead atoms. The molecule has 202 valence electrons. The van der Waals surface area contributed by atoms with Gasteiger partial charge < -0.3 is 24.0 Å². The van der Waals surface area contributed by atoms with Gasteiger partial charge >= 0.3 is 6.36 Å². The van der Waals surface area contributed by atoms with Crippen LogP contribution in [0.15, 0.2) is 48.5 Å². The SMILES string of the molecule is CC1CO[C@H](CCN2CCC(N(Cc3ccc(F)cc3)C(=O)Cc3ccc(OC(F)(F)F)cc3)CC2)O1. The van der Waals surface area contributed by atoms with Gasteiger partial charge in [0.1, 0.15) is 11.6 Å². The Labute approximate surface area is 214 Å². The van der Waals surface area contributed by atoms with E-state index in [9.17, 15) is 22.4 Å². The predicted octanol–water partition coefficient (Wildman–Crippen LogP) is 4.91. The molecule has 2 aromatic carbocycles. The van der Waals surface area contributed by atoms with Crippen molar-refractivity contribution in [3.8, 4) is 5.75 Å². The lowest BCUT2D eigenvalue weighted by molar-refractivity contribution is -0.274. The first-order valence-electron chi connectivity index (χ1n) is 12.5. The minimum absolute atomic E-state index is 0.000594. The van der Waals surface area contributed by atoms with Crippen molar-refractivity contribution in [1.29, 1.82) is 0 Å². The van der Waals surface area contributed by atoms with E-state index in [4.69, 9.17) is 9.47 Å². The summed E-state index contributed by atoms with van der Waals surface area (Å²) in [5.74, 6) is -0.808. The highest BCUT2D eigenvalue weighted by atomic mass is 19.4. The number of nitrogens with zero attached hydrogens (tertiary/aromatic N) is 2. The van der Waals surface area contributed by atoms with Crippen LogP contribution < -0.4 is 4.74 Å². The number of piperidine rings is 1. The van der Waals surface area contributed by atoms with Crippen molar-refractivity contribution >= 4 is 5.91 Å². The fourth-order valence-electron chi connectivity index (χ4n) is 4.77. The number of benzene rings is 2. The Kier molecular flexibility index (Phi) is 9.04. The molecule has 6 nitrogen and oxygen atoms in total. The summed E-state index contributed by atoms with van der Waals surface area (Å²) in [5, 5.41) is 0. The molecule has 0 spiro atoms. The minimum Gasteiger partial charge on any atom is -0.406 e. The van der Waals surface area contributed by atoms with E-state index in [0.29, 0.717) is 18.7 Å². The molecule has 1 amide bonds. The quantitative estimate of drug-likeness (QED) is 0.437. The Morgan fingerprint density at radius 3 is 2.30 bits per heavy atom. The largest absolute Gasteiger partial charge is 0.573 e. The van der Waals surface area contributed by atoms with Crippen LogP contribution in [-0.2, 0) is 27.2 Å². The average Bonchev–Trinajstić information content (AvgIpc) is 3.28. The summed E-state index contributed by atoms with van der Waals surface area (Å²) in [6, 6.07) is 11.4. The summed E-state index contributed by atoms with van der Waals surface area (Å²) in [6.07, 6.45) is -2.41. The van der Waals surface area contributed by atoms with E-state index in [1.165, 1.54) is 36.4 Å². The van der Waals surface area contributed by atoms with Crippen LogP contribution in [0.5, 0.6) is 5.75 Å². The summed E-state index contributed by atoms with van der Waals surface area (Å²) in [6.45, 7) is 5.43. The predicted molar refractivity (Wildman–Crippen MR) is 128 cm³/mol. The molecule has 37 heavy (non-hydrogen) atoms. The maximum absolute atomic E-state index is 13.4. The highest BCUT2D eigenvalue weighted by Crippen LogP contribution is 2.25. The Balaban J connectivity index is 1.37. The summed E-state index contributed by atoms with van der Waals surface area (Å²) >= 11 is 0. The number of carbonyl (C=O) groups is 1. The van der Waals surface area contributed by atoms with E-state index < -0.39 is 6.36 Å². The second-order valence-corrected chi connectivity index (χ2v) is 9.59. The van der Waals surface area contributed by atoms with Gasteiger partial charge in [-0.3, -0.25) is 4.79 Å². The maximum atomic E-state index is 13.4. The van der Waals surface area contributed by atoms with Gasteiger partial charge in [-0.25, -0.2) is 4.39 Å². The van der Waals surface area contributed by atoms with Crippen molar-refractivity contribution in [1.82, 2.24) is 9.80 Å². The zero-order valence-corrected chi connectivity index (χ0v) is 20.8. The molecule has 2 aromatic rings. The first-order valence-corrected chi connectivity index (χ1v) is 12.5. The number of ether oxygens (including phenoxy) is 3. The Morgan fingerprint density at radius 1 is 1.05 bits per heavy atom. The molecule has 2 aliphatic rings. The molecule has 4 rings (SSSR count). The third-order valence-corrected chi connectivity index (χ3v) is 6.68. The molecule has 0 aromatic heterocycles. The molecule has 0 saturated carbocycles. The van der Waals surface area contributed by atoms with E-state index in [2.05, 4.69) is 9.64 Å². The Morgan fingerprint density at radius 2 is 1.70 bits per heavy atom. The van der Waals surface area contributed by atoms with Gasteiger partial charge in [0.2, 0.25) is 5.91 Å². The smallest absolute Gasteiger partial charge is 0.406 e. The number of likely N-dealkylation sites (tertiary alicyclic amines) is 1. The summed E-state index contributed by atoms with van der Waals surface area (Å²) in [4.78, 5) is 17.6. The number of halogens is 4. The van der Waals surface area contributed by atoms with E-state index in [-0.39, 0.29) is 42.3 Å². The van der Waals surface area contributed by atoms with Crippen LogP contribution in [-0.4, -0.2) is 66.7 Å². The normalized spacial score (nSPS) is 21.2. The summed E-state index contributed by atoms with van der Waals surface area (Å²) in [5.41, 5.74) is 1.41. The van der Waals surface area contributed by atoms with Crippen LogP contribution in [0, 0.1) is 5.82 Å². The lowest BCUT2D eigenvalue weighted by Crippen LogP contribution is -2.48. The highest BCUT2D eigenvalue weighted by molar-refractivity contribution is 5.79. The summed E-state index contributed by atoms with van der Waals surface area (Å²) < 4.78 is 66.0. The molecule has 0 radical (unpaired) electrons. The monoisotopic (exact) mass is 524 g/mol. The molecular weight excluding hydrogens is 492 g/mol. The fourth-order valence-corrected chi connectivity index (χ4v) is 4.77. The number of hydrogen-bond donors (Lipinski definition) is 0. The van der Waals surface area contributed by atoms with E-state index in [1.807, 2.05) is 11.8 Å². The van der Waals surface area contributed by atoms with E-state index in [0.717, 1.165) is 44.5 Å². The lowest BCUT2D eigenvalue weighted by Gasteiger charge is -2.39. The Bertz CT molecular complexity index is 1010. The van der Waals surface area contributed by atoms with Crippen LogP contribution in [0.4, 0.5) is 17.6 Å². The number of rotatable bonds is 9. The molecule has 2 aliphatic heterocycles. The van der Waals surface area contributed by atoms with Crippen LogP contribution >= 0.6 is 0 Å². The average molecular weight is 525 g/mol. The van der Waals surface area contributed by atoms with Gasteiger partial charge in [0.15, 0.2) is 6.29 Å². The minimum atomic E-state index is -4.77. The zero-order valence-electron chi connectivity index (χ0n) is 20.8. The molecule has 2 heterocycles. The second kappa shape index (κ2) is 12.2. The van der Waals surface area contributed by atoms with Gasteiger partial charge in [0.25, 0.3) is 0 Å². The van der Waals surface area contributed by atoms with Gasteiger partial charge in [-0.15, -0.1) is 13.2 Å². The number of hydrogen-bond acceptors (Lipinski definition) is 5. The van der Waals surface area contributed by atoms with Crippen molar-refractivity contribution in [3.63, 3.8) is 0 Å². The van der Waals surface area contributed by atoms with E-state index >= 15 is 0 Å². The first-order chi connectivity index (χ1) is 17.6. The molecule has 0 N–H and O–H groups in total. The second-order valence-electron chi connectivity index (χ2n) is 9.59. The molecule has 0 aliphatic carbocycles. The van der Waals surface area contributed by atoms with Gasteiger partial charge in [0, 0.05) is 38.6 Å². The lowest BCUT2D eigenvalue weighted by atomic mass is 10.0. The molecular formula is C27H32F4N2O4. The van der Waals surface area contributed by atoms with Gasteiger partial charge in [-0.2, -0.15) is 0 Å². The highest BCUT2D eigenvalue weighted by Gasteiger charge is 2.32. The van der Waals surface area contributed by atoms with Crippen molar-refractivity contribution < 1.29 is 36.6 Å². The number of alkyl halides is 3. The molecule has 1 unspecified atom stereocenters. The van der Waals surface area contributed by atoms with Crippen LogP contribution in [0.3, 0.4) is 0 Å². The number of amides is 1. The van der Waals surface area contributed by atoms with Crippen LogP contribution in [0.2, 0.25) is 0 Å². The first kappa shape index (κ1) is 27.3. The third kappa shape index (κ3) is 8.41. The van der Waals surface area contributed by atoms with Gasteiger partial charge in [-0.05, 0) is 55.2 Å². The standard InChI is InChI=1S/C27H32F4N2O4/c1-19-18-35-26(36-19)12-15-32-13-10-23(11-14-32)33(17-21-2-6-22(28)7-3-21)25(34)16-20-4-8-24(9-5-20)37-27(29,30)31/h2-9,19,23,26H,10-18H2,1H3/t19?,26-/m0/s1.